The maximum Gasteiger partial charge on any atom is 0.306 e. The SMILES string of the molecule is [17O]=C1CCC(Br)C(c2ccccc2)O1. The second-order valence-electron chi connectivity index (χ2n) is 3.38. The van der Waals surface area contributed by atoms with Crippen molar-refractivity contribution in [2.24, 2.45) is 0 Å². The Morgan fingerprint density at radius 3 is 2.71 bits per heavy atom. The van der Waals surface area contributed by atoms with Crippen molar-refractivity contribution in [2.45, 2.75) is 23.8 Å². The summed E-state index contributed by atoms with van der Waals surface area (Å²) in [6.45, 7) is 0. The van der Waals surface area contributed by atoms with Gasteiger partial charge in [0.2, 0.25) is 0 Å². The lowest BCUT2D eigenvalue weighted by Gasteiger charge is -2.27. The summed E-state index contributed by atoms with van der Waals surface area (Å²) < 4.78 is 5.30. The van der Waals surface area contributed by atoms with Crippen LogP contribution in [0.15, 0.2) is 30.3 Å². The number of rotatable bonds is 1. The summed E-state index contributed by atoms with van der Waals surface area (Å²) in [6.07, 6.45) is 1.23. The van der Waals surface area contributed by atoms with Gasteiger partial charge in [-0.25, -0.2) is 0 Å². The summed E-state index contributed by atoms with van der Waals surface area (Å²) in [4.78, 5) is 11.4. The molecule has 1 fully saturated rings. The predicted molar refractivity (Wildman–Crippen MR) is 57.2 cm³/mol. The molecule has 0 bridgehead atoms. The first-order valence-electron chi connectivity index (χ1n) is 4.66. The van der Waals surface area contributed by atoms with E-state index in [-0.39, 0.29) is 16.9 Å². The van der Waals surface area contributed by atoms with Gasteiger partial charge in [0.1, 0.15) is 6.10 Å². The molecule has 1 aromatic carbocycles. The highest BCUT2D eigenvalue weighted by atomic mass is 79.9. The van der Waals surface area contributed by atoms with Gasteiger partial charge >= 0.3 is 5.97 Å². The average Bonchev–Trinajstić information content (AvgIpc) is 2.23. The minimum absolute atomic E-state index is 0.102. The van der Waals surface area contributed by atoms with Crippen molar-refractivity contribution in [3.05, 3.63) is 35.9 Å². The molecule has 0 aliphatic carbocycles. The molecule has 0 radical (unpaired) electrons. The number of carbonyl (C=O) groups excluding carboxylic acids is 1. The van der Waals surface area contributed by atoms with Gasteiger partial charge in [-0.3, -0.25) is 4.79 Å². The summed E-state index contributed by atoms with van der Waals surface area (Å²) in [6, 6.07) is 9.83. The number of hydrogen-bond acceptors (Lipinski definition) is 2. The van der Waals surface area contributed by atoms with Gasteiger partial charge in [0.05, 0.1) is 4.83 Å². The van der Waals surface area contributed by atoms with Crippen molar-refractivity contribution >= 4 is 21.9 Å². The zero-order valence-electron chi connectivity index (χ0n) is 7.65. The van der Waals surface area contributed by atoms with E-state index in [1.807, 2.05) is 30.3 Å². The first-order valence-corrected chi connectivity index (χ1v) is 5.57. The minimum atomic E-state index is -0.127. The van der Waals surface area contributed by atoms with E-state index in [0.717, 1.165) is 12.0 Å². The van der Waals surface area contributed by atoms with Crippen molar-refractivity contribution < 1.29 is 9.53 Å². The molecule has 0 spiro atoms. The van der Waals surface area contributed by atoms with Crippen LogP contribution in [0.2, 0.25) is 0 Å². The fourth-order valence-electron chi connectivity index (χ4n) is 1.60. The Balaban J connectivity index is 2.20. The Hall–Kier alpha value is -0.830. The van der Waals surface area contributed by atoms with E-state index in [1.54, 1.807) is 0 Å². The Morgan fingerprint density at radius 1 is 1.29 bits per heavy atom. The van der Waals surface area contributed by atoms with E-state index >= 15 is 0 Å². The van der Waals surface area contributed by atoms with Gasteiger partial charge in [-0.15, -0.1) is 0 Å². The maximum atomic E-state index is 11.1. The lowest BCUT2D eigenvalue weighted by atomic mass is 10.0. The monoisotopic (exact) mass is 255 g/mol. The van der Waals surface area contributed by atoms with E-state index in [9.17, 15) is 4.79 Å². The van der Waals surface area contributed by atoms with E-state index in [4.69, 9.17) is 4.74 Å². The number of alkyl halides is 1. The van der Waals surface area contributed by atoms with E-state index in [1.165, 1.54) is 0 Å². The van der Waals surface area contributed by atoms with Gasteiger partial charge in [0, 0.05) is 6.42 Å². The molecular formula is C11H11BrO2. The van der Waals surface area contributed by atoms with Crippen molar-refractivity contribution in [2.75, 3.05) is 0 Å². The van der Waals surface area contributed by atoms with Gasteiger partial charge < -0.3 is 4.74 Å². The largest absolute Gasteiger partial charge is 0.456 e. The Labute approximate surface area is 91.4 Å². The molecule has 1 aromatic rings. The Kier molecular flexibility index (Phi) is 2.87. The molecule has 0 amide bonds. The molecule has 1 aliphatic heterocycles. The zero-order valence-corrected chi connectivity index (χ0v) is 9.24. The Morgan fingerprint density at radius 2 is 2.00 bits per heavy atom. The first kappa shape index (κ1) is 9.71. The number of esters is 1. The molecule has 2 nitrogen and oxygen atoms in total. The molecule has 14 heavy (non-hydrogen) atoms. The number of hydrogen-bond donors (Lipinski definition) is 0. The Bertz CT molecular complexity index is 323. The van der Waals surface area contributed by atoms with Crippen LogP contribution in [0.3, 0.4) is 0 Å². The van der Waals surface area contributed by atoms with Gasteiger partial charge in [-0.2, -0.15) is 0 Å². The van der Waals surface area contributed by atoms with Crippen molar-refractivity contribution in [3.63, 3.8) is 0 Å². The topological polar surface area (TPSA) is 26.3 Å². The number of halogens is 1. The van der Waals surface area contributed by atoms with Crippen LogP contribution < -0.4 is 0 Å². The van der Waals surface area contributed by atoms with Crippen LogP contribution in [0.1, 0.15) is 24.5 Å². The molecule has 3 heteroatoms. The van der Waals surface area contributed by atoms with Crippen LogP contribution >= 0.6 is 15.9 Å². The molecule has 0 N–H and O–H groups in total. The molecular weight excluding hydrogens is 245 g/mol. The highest BCUT2D eigenvalue weighted by Crippen LogP contribution is 2.33. The van der Waals surface area contributed by atoms with Crippen LogP contribution in [-0.2, 0) is 9.53 Å². The average molecular weight is 256 g/mol. The number of cyclic esters (lactones) is 1. The van der Waals surface area contributed by atoms with Gasteiger partial charge in [0.15, 0.2) is 0 Å². The molecule has 0 saturated carbocycles. The van der Waals surface area contributed by atoms with Gasteiger partial charge in [0.25, 0.3) is 0 Å². The normalized spacial score (nSPS) is 27.1. The predicted octanol–water partition coefficient (Wildman–Crippen LogP) is 2.83. The number of benzene rings is 1. The summed E-state index contributed by atoms with van der Waals surface area (Å²) >= 11 is 3.54. The van der Waals surface area contributed by atoms with Gasteiger partial charge in [-0.05, 0) is 12.0 Å². The second-order valence-corrected chi connectivity index (χ2v) is 4.55. The molecule has 1 saturated heterocycles. The molecule has 74 valence electrons. The number of carbonyl (C=O) groups is 1. The van der Waals surface area contributed by atoms with Crippen LogP contribution in [-0.4, -0.2) is 10.8 Å². The molecule has 0 aromatic heterocycles. The molecule has 2 unspecified atom stereocenters. The van der Waals surface area contributed by atoms with Crippen molar-refractivity contribution in [1.29, 1.82) is 0 Å². The molecule has 2 atom stereocenters. The van der Waals surface area contributed by atoms with E-state index in [2.05, 4.69) is 15.9 Å². The summed E-state index contributed by atoms with van der Waals surface area (Å²) in [5, 5.41) is 0. The van der Waals surface area contributed by atoms with Gasteiger partial charge in [-0.1, -0.05) is 46.3 Å². The van der Waals surface area contributed by atoms with Crippen LogP contribution in [0.5, 0.6) is 0 Å². The lowest BCUT2D eigenvalue weighted by Crippen LogP contribution is -2.26. The summed E-state index contributed by atoms with van der Waals surface area (Å²) in [5.41, 5.74) is 1.06. The quantitative estimate of drug-likeness (QED) is 0.570. The fraction of sp³-hybridized carbons (Fsp3) is 0.364. The maximum absolute atomic E-state index is 11.1. The van der Waals surface area contributed by atoms with Crippen LogP contribution in [0.25, 0.3) is 0 Å². The molecule has 2 rings (SSSR count). The van der Waals surface area contributed by atoms with Crippen LogP contribution in [0.4, 0.5) is 0 Å². The highest BCUT2D eigenvalue weighted by Gasteiger charge is 2.29. The zero-order chi connectivity index (χ0) is 9.97. The smallest absolute Gasteiger partial charge is 0.306 e. The summed E-state index contributed by atoms with van der Waals surface area (Å²) in [7, 11) is 0. The highest BCUT2D eigenvalue weighted by molar-refractivity contribution is 9.09. The second kappa shape index (κ2) is 4.13. The lowest BCUT2D eigenvalue weighted by molar-refractivity contribution is -0.153. The summed E-state index contributed by atoms with van der Waals surface area (Å²) in [5.74, 6) is -0.102. The van der Waals surface area contributed by atoms with E-state index in [0.29, 0.717) is 6.42 Å². The fourth-order valence-corrected chi connectivity index (χ4v) is 2.24. The minimum Gasteiger partial charge on any atom is -0.456 e. The molecule has 1 aliphatic rings. The third-order valence-electron chi connectivity index (χ3n) is 2.34. The van der Waals surface area contributed by atoms with Crippen LogP contribution in [0, 0.1) is 0 Å². The third kappa shape index (κ3) is 1.98. The third-order valence-corrected chi connectivity index (χ3v) is 3.28. The van der Waals surface area contributed by atoms with Crippen molar-refractivity contribution in [3.8, 4) is 0 Å². The van der Waals surface area contributed by atoms with Crippen molar-refractivity contribution in [1.82, 2.24) is 0 Å². The number of ether oxygens (including phenoxy) is 1. The van der Waals surface area contributed by atoms with E-state index < -0.39 is 0 Å². The molecule has 1 heterocycles. The standard InChI is InChI=1S/C11H11BrO2/c12-9-6-7-10(13)14-11(9)8-4-2-1-3-5-8/h1-5,9,11H,6-7H2/i13+1. The first-order chi connectivity index (χ1) is 6.77.